The van der Waals surface area contributed by atoms with E-state index in [1.807, 2.05) is 0 Å². The number of rotatable bonds is 7. The fourth-order valence-corrected chi connectivity index (χ4v) is 3.70. The van der Waals surface area contributed by atoms with Crippen LogP contribution < -0.4 is 14.8 Å². The van der Waals surface area contributed by atoms with Crippen molar-refractivity contribution in [3.05, 3.63) is 54.3 Å². The Bertz CT molecular complexity index is 867. The Hall–Kier alpha value is -2.45. The second-order valence-electron chi connectivity index (χ2n) is 5.99. The van der Waals surface area contributed by atoms with Crippen LogP contribution in [0.3, 0.4) is 0 Å². The minimum atomic E-state index is -4.19. The van der Waals surface area contributed by atoms with E-state index in [4.69, 9.17) is 4.74 Å². The summed E-state index contributed by atoms with van der Waals surface area (Å²) >= 11 is 0. The Morgan fingerprint density at radius 2 is 1.69 bits per heavy atom. The molecule has 0 aromatic heterocycles. The second kappa shape index (κ2) is 8.29. The number of nitrogens with one attached hydrogen (secondary N) is 2. The quantitative estimate of drug-likeness (QED) is 0.774. The molecule has 2 rings (SSSR count). The highest BCUT2D eigenvalue weighted by Gasteiger charge is 2.29. The van der Waals surface area contributed by atoms with Crippen molar-refractivity contribution in [2.45, 2.75) is 24.8 Å². The number of carbonyl (C=O) groups is 1. The number of hydrogen-bond acceptors (Lipinski definition) is 4. The average molecular weight is 380 g/mol. The Kier molecular flexibility index (Phi) is 6.33. The molecule has 0 aliphatic heterocycles. The van der Waals surface area contributed by atoms with Crippen LogP contribution in [0, 0.1) is 11.7 Å². The van der Waals surface area contributed by atoms with Crippen LogP contribution >= 0.6 is 0 Å². The van der Waals surface area contributed by atoms with Gasteiger partial charge in [0.15, 0.2) is 0 Å². The fraction of sp³-hybridized carbons (Fsp3) is 0.278. The Morgan fingerprint density at radius 3 is 2.23 bits per heavy atom. The number of halogens is 1. The molecule has 26 heavy (non-hydrogen) atoms. The maximum Gasteiger partial charge on any atom is 0.244 e. The molecule has 0 saturated carbocycles. The van der Waals surface area contributed by atoms with Crippen LogP contribution in [0.1, 0.15) is 13.8 Å². The monoisotopic (exact) mass is 380 g/mol. The van der Waals surface area contributed by atoms with Crippen LogP contribution in [0.2, 0.25) is 0 Å². The molecule has 0 bridgehead atoms. The molecule has 0 aliphatic rings. The number of amides is 1. The lowest BCUT2D eigenvalue weighted by Gasteiger charge is -2.22. The van der Waals surface area contributed by atoms with Crippen LogP contribution in [-0.4, -0.2) is 27.5 Å². The molecule has 140 valence electrons. The summed E-state index contributed by atoms with van der Waals surface area (Å²) in [6.07, 6.45) is 0. The third kappa shape index (κ3) is 4.80. The van der Waals surface area contributed by atoms with Gasteiger partial charge in [-0.25, -0.2) is 12.8 Å². The number of methoxy groups -OCH3 is 1. The molecule has 8 heteroatoms. The number of anilines is 1. The van der Waals surface area contributed by atoms with E-state index in [2.05, 4.69) is 10.0 Å². The third-order valence-corrected chi connectivity index (χ3v) is 5.19. The molecule has 0 saturated heterocycles. The van der Waals surface area contributed by atoms with Gasteiger partial charge in [-0.15, -0.1) is 0 Å². The van der Waals surface area contributed by atoms with Crippen LogP contribution in [0.4, 0.5) is 10.1 Å². The zero-order valence-corrected chi connectivity index (χ0v) is 15.5. The molecule has 1 atom stereocenters. The molecule has 2 N–H and O–H groups in total. The van der Waals surface area contributed by atoms with Gasteiger partial charge >= 0.3 is 0 Å². The molecule has 1 amide bonds. The predicted molar refractivity (Wildman–Crippen MR) is 97.0 cm³/mol. The van der Waals surface area contributed by atoms with Gasteiger partial charge in [0.2, 0.25) is 15.9 Å². The summed E-state index contributed by atoms with van der Waals surface area (Å²) in [5.74, 6) is -1.14. The summed E-state index contributed by atoms with van der Waals surface area (Å²) < 4.78 is 46.1. The standard InChI is InChI=1S/C18H21FN2O4S/c1-12(2)17(18(22)20-13-8-10-14(25-3)11-9-13)21-26(23,24)16-7-5-4-6-15(16)19/h4-12,17,21H,1-3H3,(H,20,22). The van der Waals surface area contributed by atoms with Crippen LogP contribution in [-0.2, 0) is 14.8 Å². The van der Waals surface area contributed by atoms with Crippen LogP contribution in [0.25, 0.3) is 0 Å². The summed E-state index contributed by atoms with van der Waals surface area (Å²) in [7, 11) is -2.66. The highest BCUT2D eigenvalue weighted by Crippen LogP contribution is 2.18. The van der Waals surface area contributed by atoms with Crippen molar-refractivity contribution in [3.8, 4) is 5.75 Å². The number of ether oxygens (including phenoxy) is 1. The first kappa shape index (κ1) is 19.9. The fourth-order valence-electron chi connectivity index (χ4n) is 2.28. The number of carbonyl (C=O) groups excluding carboxylic acids is 1. The van der Waals surface area contributed by atoms with Gasteiger partial charge in [-0.1, -0.05) is 26.0 Å². The lowest BCUT2D eigenvalue weighted by molar-refractivity contribution is -0.118. The first-order valence-electron chi connectivity index (χ1n) is 7.96. The van der Waals surface area contributed by atoms with Gasteiger partial charge in [0, 0.05) is 5.69 Å². The molecular weight excluding hydrogens is 359 g/mol. The molecular formula is C18H21FN2O4S. The largest absolute Gasteiger partial charge is 0.497 e. The van der Waals surface area contributed by atoms with Crippen molar-refractivity contribution >= 4 is 21.6 Å². The Labute approximate surface area is 152 Å². The molecule has 0 radical (unpaired) electrons. The van der Waals surface area contributed by atoms with Crippen molar-refractivity contribution in [2.75, 3.05) is 12.4 Å². The first-order chi connectivity index (χ1) is 12.2. The zero-order valence-electron chi connectivity index (χ0n) is 14.7. The van der Waals surface area contributed by atoms with Crippen molar-refractivity contribution in [1.82, 2.24) is 4.72 Å². The Balaban J connectivity index is 2.19. The third-order valence-electron chi connectivity index (χ3n) is 3.71. The molecule has 2 aromatic rings. The van der Waals surface area contributed by atoms with E-state index in [0.29, 0.717) is 11.4 Å². The molecule has 0 aliphatic carbocycles. The summed E-state index contributed by atoms with van der Waals surface area (Å²) in [5.41, 5.74) is 0.492. The maximum absolute atomic E-state index is 13.8. The van der Waals surface area contributed by atoms with E-state index >= 15 is 0 Å². The van der Waals surface area contributed by atoms with E-state index in [1.165, 1.54) is 19.2 Å². The minimum Gasteiger partial charge on any atom is -0.497 e. The normalized spacial score (nSPS) is 12.7. The summed E-state index contributed by atoms with van der Waals surface area (Å²) in [5, 5.41) is 2.65. The molecule has 6 nitrogen and oxygen atoms in total. The van der Waals surface area contributed by atoms with Crippen molar-refractivity contribution in [3.63, 3.8) is 0 Å². The topological polar surface area (TPSA) is 84.5 Å². The summed E-state index contributed by atoms with van der Waals surface area (Å²) in [6, 6.07) is 10.6. The number of hydrogen-bond donors (Lipinski definition) is 2. The van der Waals surface area contributed by atoms with Gasteiger partial charge in [-0.05, 0) is 42.3 Å². The van der Waals surface area contributed by atoms with Gasteiger partial charge in [0.25, 0.3) is 0 Å². The van der Waals surface area contributed by atoms with Gasteiger partial charge in [-0.2, -0.15) is 4.72 Å². The van der Waals surface area contributed by atoms with E-state index < -0.39 is 32.7 Å². The average Bonchev–Trinajstić information content (AvgIpc) is 2.60. The van der Waals surface area contributed by atoms with Crippen molar-refractivity contribution in [1.29, 1.82) is 0 Å². The van der Waals surface area contributed by atoms with E-state index in [1.54, 1.807) is 38.1 Å². The molecule has 2 aromatic carbocycles. The zero-order chi connectivity index (χ0) is 19.3. The molecule has 0 spiro atoms. The van der Waals surface area contributed by atoms with Gasteiger partial charge in [0.05, 0.1) is 7.11 Å². The molecule has 0 heterocycles. The highest BCUT2D eigenvalue weighted by molar-refractivity contribution is 7.89. The maximum atomic E-state index is 13.8. The lowest BCUT2D eigenvalue weighted by Crippen LogP contribution is -2.47. The van der Waals surface area contributed by atoms with Gasteiger partial charge in [0.1, 0.15) is 22.5 Å². The minimum absolute atomic E-state index is 0.352. The van der Waals surface area contributed by atoms with Crippen LogP contribution in [0.15, 0.2) is 53.4 Å². The molecule has 0 fully saturated rings. The highest BCUT2D eigenvalue weighted by atomic mass is 32.2. The second-order valence-corrected chi connectivity index (χ2v) is 7.67. The van der Waals surface area contributed by atoms with E-state index in [-0.39, 0.29) is 5.92 Å². The predicted octanol–water partition coefficient (Wildman–Crippen LogP) is 2.78. The Morgan fingerprint density at radius 1 is 1.08 bits per heavy atom. The lowest BCUT2D eigenvalue weighted by atomic mass is 10.0. The number of benzene rings is 2. The van der Waals surface area contributed by atoms with Gasteiger partial charge < -0.3 is 10.1 Å². The smallest absolute Gasteiger partial charge is 0.244 e. The molecule has 1 unspecified atom stereocenters. The van der Waals surface area contributed by atoms with Crippen molar-refractivity contribution < 1.29 is 22.3 Å². The summed E-state index contributed by atoms with van der Waals surface area (Å²) in [6.45, 7) is 3.39. The first-order valence-corrected chi connectivity index (χ1v) is 9.44. The SMILES string of the molecule is COc1ccc(NC(=O)C(NS(=O)(=O)c2ccccc2F)C(C)C)cc1. The van der Waals surface area contributed by atoms with Gasteiger partial charge in [-0.3, -0.25) is 4.79 Å². The van der Waals surface area contributed by atoms with Crippen LogP contribution in [0.5, 0.6) is 5.75 Å². The number of sulfonamides is 1. The van der Waals surface area contributed by atoms with E-state index in [9.17, 15) is 17.6 Å². The van der Waals surface area contributed by atoms with Crippen molar-refractivity contribution in [2.24, 2.45) is 5.92 Å². The van der Waals surface area contributed by atoms with E-state index in [0.717, 1.165) is 12.1 Å². The summed E-state index contributed by atoms with van der Waals surface area (Å²) in [4.78, 5) is 12.0.